The molecule has 7 heteroatoms. The molecule has 138 valence electrons. The minimum atomic E-state index is -0.733. The Morgan fingerprint density at radius 1 is 1.19 bits per heavy atom. The number of aromatic nitrogens is 2. The van der Waals surface area contributed by atoms with Crippen molar-refractivity contribution in [2.24, 2.45) is 5.10 Å². The molecule has 1 unspecified atom stereocenters. The number of hydrazone groups is 1. The highest BCUT2D eigenvalue weighted by atomic mass is 16.2. The van der Waals surface area contributed by atoms with Crippen LogP contribution in [0, 0.1) is 0 Å². The molecule has 0 aliphatic rings. The molecule has 0 bridgehead atoms. The van der Waals surface area contributed by atoms with E-state index in [1.54, 1.807) is 31.3 Å². The monoisotopic (exact) mass is 363 g/mol. The highest BCUT2D eigenvalue weighted by molar-refractivity contribution is 5.84. The summed E-state index contributed by atoms with van der Waals surface area (Å²) in [4.78, 5) is 31.1. The van der Waals surface area contributed by atoms with Crippen LogP contribution in [0.4, 0.5) is 5.69 Å². The van der Waals surface area contributed by atoms with Gasteiger partial charge >= 0.3 is 0 Å². The van der Waals surface area contributed by atoms with Crippen molar-refractivity contribution >= 4 is 28.7 Å². The Morgan fingerprint density at radius 2 is 1.89 bits per heavy atom. The normalized spacial score (nSPS) is 12.3. The minimum absolute atomic E-state index is 0.258. The van der Waals surface area contributed by atoms with E-state index in [1.165, 1.54) is 10.9 Å². The number of hydrogen-bond donors (Lipinski definition) is 1. The van der Waals surface area contributed by atoms with Crippen LogP contribution >= 0.6 is 0 Å². The first-order chi connectivity index (χ1) is 13.0. The summed E-state index contributed by atoms with van der Waals surface area (Å²) < 4.78 is 1.30. The van der Waals surface area contributed by atoms with Crippen LogP contribution < -0.4 is 15.9 Å². The fourth-order valence-corrected chi connectivity index (χ4v) is 2.61. The highest BCUT2D eigenvalue weighted by Crippen LogP contribution is 2.11. The molecule has 1 amide bonds. The molecule has 27 heavy (non-hydrogen) atoms. The molecule has 1 N–H and O–H groups in total. The maximum atomic E-state index is 12.6. The van der Waals surface area contributed by atoms with E-state index < -0.39 is 11.9 Å². The predicted molar refractivity (Wildman–Crippen MR) is 107 cm³/mol. The van der Waals surface area contributed by atoms with E-state index in [-0.39, 0.29) is 5.56 Å². The van der Waals surface area contributed by atoms with Crippen LogP contribution in [0.15, 0.2) is 64.8 Å². The Labute approximate surface area is 157 Å². The first-order valence-corrected chi connectivity index (χ1v) is 8.53. The number of nitrogens with one attached hydrogen (secondary N) is 1. The van der Waals surface area contributed by atoms with Gasteiger partial charge in [-0.15, -0.1) is 0 Å². The van der Waals surface area contributed by atoms with E-state index in [2.05, 4.69) is 15.5 Å². The Morgan fingerprint density at radius 3 is 2.59 bits per heavy atom. The quantitative estimate of drug-likeness (QED) is 0.557. The van der Waals surface area contributed by atoms with Crippen LogP contribution in [0.5, 0.6) is 0 Å². The van der Waals surface area contributed by atoms with Crippen LogP contribution in [0.3, 0.4) is 0 Å². The number of para-hydroxylation sites is 1. The molecule has 1 heterocycles. The van der Waals surface area contributed by atoms with Gasteiger partial charge in [0.25, 0.3) is 11.5 Å². The number of benzene rings is 2. The molecule has 0 saturated carbocycles. The molecule has 0 saturated heterocycles. The molecule has 3 aromatic rings. The summed E-state index contributed by atoms with van der Waals surface area (Å²) >= 11 is 0. The molecular weight excluding hydrogens is 342 g/mol. The summed E-state index contributed by atoms with van der Waals surface area (Å²) in [6.45, 7) is 1.63. The second-order valence-electron chi connectivity index (χ2n) is 6.37. The van der Waals surface area contributed by atoms with Gasteiger partial charge in [-0.1, -0.05) is 24.3 Å². The number of carbonyl (C=O) groups excluding carboxylic acids is 1. The zero-order chi connectivity index (χ0) is 19.4. The lowest BCUT2D eigenvalue weighted by atomic mass is 10.2. The molecule has 1 aromatic heterocycles. The van der Waals surface area contributed by atoms with Gasteiger partial charge in [-0.25, -0.2) is 10.4 Å². The Kier molecular flexibility index (Phi) is 5.30. The van der Waals surface area contributed by atoms with Crippen molar-refractivity contribution < 1.29 is 4.79 Å². The number of anilines is 1. The van der Waals surface area contributed by atoms with Crippen LogP contribution in [-0.2, 0) is 4.79 Å². The zero-order valence-electron chi connectivity index (χ0n) is 15.5. The summed E-state index contributed by atoms with van der Waals surface area (Å²) in [6, 6.07) is 14.1. The van der Waals surface area contributed by atoms with Crippen molar-refractivity contribution in [3.63, 3.8) is 0 Å². The van der Waals surface area contributed by atoms with Gasteiger partial charge in [-0.2, -0.15) is 5.10 Å². The maximum absolute atomic E-state index is 12.6. The average Bonchev–Trinajstić information content (AvgIpc) is 2.68. The van der Waals surface area contributed by atoms with Crippen LogP contribution in [0.2, 0.25) is 0 Å². The maximum Gasteiger partial charge on any atom is 0.262 e. The molecular formula is C20H21N5O2. The molecule has 7 nitrogen and oxygen atoms in total. The first-order valence-electron chi connectivity index (χ1n) is 8.53. The zero-order valence-corrected chi connectivity index (χ0v) is 15.5. The number of amides is 1. The standard InChI is InChI=1S/C20H21N5O2/c1-14(25-13-21-18-7-5-4-6-17(18)20(25)27)19(26)23-22-12-15-8-10-16(11-9-15)24(2)3/h4-14H,1-3H3,(H,23,26). The molecule has 0 aliphatic heterocycles. The fraction of sp³-hybridized carbons (Fsp3) is 0.200. The van der Waals surface area contributed by atoms with Crippen molar-refractivity contribution in [2.45, 2.75) is 13.0 Å². The van der Waals surface area contributed by atoms with E-state index in [0.29, 0.717) is 10.9 Å². The van der Waals surface area contributed by atoms with Crippen molar-refractivity contribution in [3.8, 4) is 0 Å². The van der Waals surface area contributed by atoms with Gasteiger partial charge in [-0.3, -0.25) is 14.2 Å². The van der Waals surface area contributed by atoms with Crippen LogP contribution in [-0.4, -0.2) is 35.8 Å². The first kappa shape index (κ1) is 18.3. The van der Waals surface area contributed by atoms with Crippen LogP contribution in [0.1, 0.15) is 18.5 Å². The minimum Gasteiger partial charge on any atom is -0.378 e. The lowest BCUT2D eigenvalue weighted by Crippen LogP contribution is -2.33. The lowest BCUT2D eigenvalue weighted by molar-refractivity contribution is -0.123. The SMILES string of the molecule is CC(C(=O)NN=Cc1ccc(N(C)C)cc1)n1cnc2ccccc2c1=O. The van der Waals surface area contributed by atoms with Crippen LogP contribution in [0.25, 0.3) is 10.9 Å². The average molecular weight is 363 g/mol. The van der Waals surface area contributed by atoms with Gasteiger partial charge in [0.2, 0.25) is 0 Å². The van der Waals surface area contributed by atoms with E-state index in [4.69, 9.17) is 0 Å². The molecule has 3 rings (SSSR count). The third-order valence-corrected chi connectivity index (χ3v) is 4.28. The van der Waals surface area contributed by atoms with E-state index >= 15 is 0 Å². The molecule has 0 aliphatic carbocycles. The molecule has 2 aromatic carbocycles. The Hall–Kier alpha value is -3.48. The number of fused-ring (bicyclic) bond motifs is 1. The summed E-state index contributed by atoms with van der Waals surface area (Å²) in [7, 11) is 3.93. The van der Waals surface area contributed by atoms with Gasteiger partial charge in [0.05, 0.1) is 23.4 Å². The third kappa shape index (κ3) is 4.03. The Bertz CT molecular complexity index is 1040. The molecule has 1 atom stereocenters. The molecule has 0 fully saturated rings. The van der Waals surface area contributed by atoms with Crippen molar-refractivity contribution in [2.75, 3.05) is 19.0 Å². The van der Waals surface area contributed by atoms with Crippen molar-refractivity contribution in [1.82, 2.24) is 15.0 Å². The Balaban J connectivity index is 1.71. The predicted octanol–water partition coefficient (Wildman–Crippen LogP) is 2.17. The van der Waals surface area contributed by atoms with Gasteiger partial charge in [0.15, 0.2) is 0 Å². The van der Waals surface area contributed by atoms with Crippen molar-refractivity contribution in [3.05, 3.63) is 70.8 Å². The van der Waals surface area contributed by atoms with E-state index in [0.717, 1.165) is 11.3 Å². The number of nitrogens with zero attached hydrogens (tertiary/aromatic N) is 4. The van der Waals surface area contributed by atoms with Crippen molar-refractivity contribution in [1.29, 1.82) is 0 Å². The molecule has 0 radical (unpaired) electrons. The largest absolute Gasteiger partial charge is 0.378 e. The fourth-order valence-electron chi connectivity index (χ4n) is 2.61. The summed E-state index contributed by atoms with van der Waals surface area (Å²) in [5.41, 5.74) is 4.76. The third-order valence-electron chi connectivity index (χ3n) is 4.28. The highest BCUT2D eigenvalue weighted by Gasteiger charge is 2.17. The van der Waals surface area contributed by atoms with Gasteiger partial charge in [0.1, 0.15) is 6.04 Å². The van der Waals surface area contributed by atoms with Gasteiger partial charge < -0.3 is 4.90 Å². The summed E-state index contributed by atoms with van der Waals surface area (Å²) in [6.07, 6.45) is 2.95. The second kappa shape index (κ2) is 7.82. The number of rotatable bonds is 5. The summed E-state index contributed by atoms with van der Waals surface area (Å²) in [5, 5.41) is 4.46. The van der Waals surface area contributed by atoms with Gasteiger partial charge in [0, 0.05) is 19.8 Å². The van der Waals surface area contributed by atoms with Gasteiger partial charge in [-0.05, 0) is 36.8 Å². The smallest absolute Gasteiger partial charge is 0.262 e. The number of carbonyl (C=O) groups is 1. The number of hydrogen-bond acceptors (Lipinski definition) is 5. The summed E-state index contributed by atoms with van der Waals surface area (Å²) in [5.74, 6) is -0.393. The van der Waals surface area contributed by atoms with E-state index in [1.807, 2.05) is 49.3 Å². The topological polar surface area (TPSA) is 79.6 Å². The lowest BCUT2D eigenvalue weighted by Gasteiger charge is -2.13. The molecule has 0 spiro atoms. The second-order valence-corrected chi connectivity index (χ2v) is 6.37. The van der Waals surface area contributed by atoms with E-state index in [9.17, 15) is 9.59 Å².